The zero-order chi connectivity index (χ0) is 43.5. The van der Waals surface area contributed by atoms with Gasteiger partial charge in [0.2, 0.25) is 0 Å². The van der Waals surface area contributed by atoms with Crippen molar-refractivity contribution in [1.82, 2.24) is 19.1 Å². The van der Waals surface area contributed by atoms with E-state index in [0.717, 1.165) is 72.4 Å². The minimum Gasteiger partial charge on any atom is -0.309 e. The van der Waals surface area contributed by atoms with E-state index < -0.39 is 5.41 Å². The molecule has 0 saturated heterocycles. The van der Waals surface area contributed by atoms with Crippen molar-refractivity contribution >= 4 is 55.4 Å². The van der Waals surface area contributed by atoms with Gasteiger partial charge in [-0.25, -0.2) is 0 Å². The Morgan fingerprint density at radius 1 is 0.409 bits per heavy atom. The van der Waals surface area contributed by atoms with Gasteiger partial charge in [-0.15, -0.1) is 0 Å². The largest absolute Gasteiger partial charge is 0.309 e. The van der Waals surface area contributed by atoms with Gasteiger partial charge in [0.15, 0.2) is 0 Å². The molecule has 6 heteroatoms. The van der Waals surface area contributed by atoms with Gasteiger partial charge in [0.1, 0.15) is 0 Å². The third-order valence-electron chi connectivity index (χ3n) is 13.9. The molecule has 0 fully saturated rings. The lowest BCUT2D eigenvalue weighted by atomic mass is 9.67. The average molecular weight is 858 g/mol. The smallest absolute Gasteiger partial charge is 0.0991 e. The Labute approximate surface area is 384 Å². The van der Waals surface area contributed by atoms with Crippen molar-refractivity contribution in [2.75, 3.05) is 0 Å². The number of aromatic nitrogens is 4. The normalized spacial score (nSPS) is 13.2. The number of para-hydroxylation sites is 3. The molecule has 0 N–H and O–H groups in total. The summed E-state index contributed by atoms with van der Waals surface area (Å²) in [5, 5.41) is 14.7. The molecule has 5 nitrogen and oxygen atoms in total. The number of nitriles is 1. The lowest BCUT2D eigenvalue weighted by Crippen LogP contribution is -2.32. The Kier molecular flexibility index (Phi) is 7.83. The van der Waals surface area contributed by atoms with E-state index in [9.17, 15) is 5.26 Å². The summed E-state index contributed by atoms with van der Waals surface area (Å²) in [5.74, 6) is 0. The number of nitrogens with zero attached hydrogens (tertiary/aromatic N) is 5. The second-order valence-corrected chi connectivity index (χ2v) is 18.2. The van der Waals surface area contributed by atoms with Crippen LogP contribution in [0.3, 0.4) is 0 Å². The third-order valence-corrected chi connectivity index (χ3v) is 15.2. The number of hydrogen-bond acceptors (Lipinski definition) is 4. The van der Waals surface area contributed by atoms with Gasteiger partial charge in [0.25, 0.3) is 0 Å². The van der Waals surface area contributed by atoms with Crippen LogP contribution in [0.5, 0.6) is 0 Å². The summed E-state index contributed by atoms with van der Waals surface area (Å²) in [5.41, 5.74) is 17.9. The number of benzene rings is 8. The molecule has 14 rings (SSSR count). The highest BCUT2D eigenvalue weighted by Crippen LogP contribution is 2.64. The van der Waals surface area contributed by atoms with Crippen LogP contribution in [0.25, 0.3) is 88.6 Å². The number of fused-ring (bicyclic) bond motifs is 15. The topological polar surface area (TPSA) is 59.4 Å². The molecule has 1 aliphatic carbocycles. The summed E-state index contributed by atoms with van der Waals surface area (Å²) in [6.45, 7) is 0. The van der Waals surface area contributed by atoms with Crippen LogP contribution in [0.1, 0.15) is 27.8 Å². The zero-order valence-electron chi connectivity index (χ0n) is 35.4. The van der Waals surface area contributed by atoms with Crippen LogP contribution in [-0.2, 0) is 5.41 Å². The first kappa shape index (κ1) is 36.9. The van der Waals surface area contributed by atoms with Crippen LogP contribution >= 0.6 is 11.8 Å². The van der Waals surface area contributed by atoms with Crippen LogP contribution in [0.2, 0.25) is 0 Å². The van der Waals surface area contributed by atoms with E-state index in [2.05, 4.69) is 197 Å². The van der Waals surface area contributed by atoms with Crippen LogP contribution < -0.4 is 0 Å². The lowest BCUT2D eigenvalue weighted by molar-refractivity contribution is 0.721. The van der Waals surface area contributed by atoms with Gasteiger partial charge in [0.05, 0.1) is 50.5 Å². The first-order valence-electron chi connectivity index (χ1n) is 22.2. The predicted molar refractivity (Wildman–Crippen MR) is 268 cm³/mol. The van der Waals surface area contributed by atoms with Gasteiger partial charge in [-0.3, -0.25) is 9.97 Å². The summed E-state index contributed by atoms with van der Waals surface area (Å²) in [4.78, 5) is 12.5. The van der Waals surface area contributed by atoms with Crippen molar-refractivity contribution < 1.29 is 0 Å². The molecule has 66 heavy (non-hydrogen) atoms. The van der Waals surface area contributed by atoms with E-state index in [0.29, 0.717) is 5.56 Å². The van der Waals surface area contributed by atoms with E-state index in [1.807, 2.05) is 42.4 Å². The SMILES string of the molecule is N#Cc1ccc2c(c1)c1cc(-c3cccc4c3Sc3c(-c5ccc6c(c5)c5ccccc5n6-c5ccccc5)cccc3C43c4cccnc4-c4ncccc43)ccc1n2-c1ccccc1. The van der Waals surface area contributed by atoms with Gasteiger partial charge in [-0.05, 0) is 129 Å². The molecular formula is C60H35N5S. The Morgan fingerprint density at radius 2 is 0.879 bits per heavy atom. The van der Waals surface area contributed by atoms with E-state index in [-0.39, 0.29) is 0 Å². The van der Waals surface area contributed by atoms with Crippen molar-refractivity contribution in [1.29, 1.82) is 5.26 Å². The monoisotopic (exact) mass is 857 g/mol. The Balaban J connectivity index is 1.04. The van der Waals surface area contributed by atoms with E-state index in [1.54, 1.807) is 0 Å². The standard InChI is InChI=1S/C60H35N5S/c61-36-37-25-28-53-45(33-37)47-35-39(27-30-55(47)65(53)41-15-5-2-6-16-41)43-19-10-21-51-59(43)66-58-42(18-9-20-50(58)60(51)48-22-11-31-62-56(48)57-49(60)23-12-32-63-57)38-26-29-54-46(34-38)44-17-7-8-24-52(44)64(54)40-13-3-1-4-14-40/h1-35H. The first-order valence-corrected chi connectivity index (χ1v) is 23.0. The molecule has 8 aromatic carbocycles. The van der Waals surface area contributed by atoms with Crippen molar-refractivity contribution in [3.63, 3.8) is 0 Å². The maximum atomic E-state index is 10.1. The molecule has 306 valence electrons. The second kappa shape index (κ2) is 14.0. The minimum absolute atomic E-state index is 0.641. The maximum Gasteiger partial charge on any atom is 0.0991 e. The van der Waals surface area contributed by atoms with Gasteiger partial charge in [0, 0.05) is 55.1 Å². The highest BCUT2D eigenvalue weighted by Gasteiger charge is 2.52. The summed E-state index contributed by atoms with van der Waals surface area (Å²) in [6, 6.07) is 74.5. The van der Waals surface area contributed by atoms with E-state index >= 15 is 0 Å². The van der Waals surface area contributed by atoms with Crippen LogP contribution in [0.4, 0.5) is 0 Å². The third kappa shape index (κ3) is 5.00. The maximum absolute atomic E-state index is 10.1. The first-order chi connectivity index (χ1) is 32.7. The molecule has 1 spiro atoms. The van der Waals surface area contributed by atoms with E-state index in [4.69, 9.17) is 9.97 Å². The van der Waals surface area contributed by atoms with Crippen molar-refractivity contribution in [2.45, 2.75) is 15.2 Å². The molecule has 0 saturated carbocycles. The summed E-state index contributed by atoms with van der Waals surface area (Å²) in [7, 11) is 0. The fraction of sp³-hybridized carbons (Fsp3) is 0.0167. The van der Waals surface area contributed by atoms with Gasteiger partial charge in [-0.2, -0.15) is 5.26 Å². The lowest BCUT2D eigenvalue weighted by Gasteiger charge is -2.40. The molecule has 0 amide bonds. The zero-order valence-corrected chi connectivity index (χ0v) is 36.2. The summed E-state index contributed by atoms with van der Waals surface area (Å²) in [6.07, 6.45) is 3.78. The highest BCUT2D eigenvalue weighted by molar-refractivity contribution is 7.99. The number of rotatable bonds is 4. The van der Waals surface area contributed by atoms with Gasteiger partial charge >= 0.3 is 0 Å². The van der Waals surface area contributed by atoms with Gasteiger partial charge < -0.3 is 9.13 Å². The Hall–Kier alpha value is -8.50. The Morgan fingerprint density at radius 3 is 1.44 bits per heavy atom. The minimum atomic E-state index is -0.683. The fourth-order valence-electron chi connectivity index (χ4n) is 11.2. The molecule has 0 radical (unpaired) electrons. The van der Waals surface area contributed by atoms with Crippen molar-refractivity contribution in [3.05, 3.63) is 240 Å². The van der Waals surface area contributed by atoms with Crippen LogP contribution in [-0.4, -0.2) is 19.1 Å². The molecule has 4 aromatic heterocycles. The van der Waals surface area contributed by atoms with Crippen LogP contribution in [0, 0.1) is 11.3 Å². The predicted octanol–water partition coefficient (Wildman–Crippen LogP) is 14.7. The second-order valence-electron chi connectivity index (χ2n) is 17.2. The number of pyridine rings is 2. The molecule has 0 unspecified atom stereocenters. The molecule has 5 heterocycles. The molecule has 0 bridgehead atoms. The fourth-order valence-corrected chi connectivity index (χ4v) is 12.7. The van der Waals surface area contributed by atoms with Crippen LogP contribution in [0.15, 0.2) is 222 Å². The molecule has 0 atom stereocenters. The quantitative estimate of drug-likeness (QED) is 0.177. The molecular weight excluding hydrogens is 823 g/mol. The average Bonchev–Trinajstić information content (AvgIpc) is 4.00. The van der Waals surface area contributed by atoms with E-state index in [1.165, 1.54) is 48.3 Å². The van der Waals surface area contributed by atoms with Gasteiger partial charge in [-0.1, -0.05) is 127 Å². The highest BCUT2D eigenvalue weighted by atomic mass is 32.2. The molecule has 1 aliphatic heterocycles. The number of hydrogen-bond donors (Lipinski definition) is 0. The van der Waals surface area contributed by atoms with Crippen molar-refractivity contribution in [2.24, 2.45) is 0 Å². The molecule has 2 aliphatic rings. The molecule has 12 aromatic rings. The Bertz CT molecular complexity index is 4000. The summed E-state index contributed by atoms with van der Waals surface area (Å²) < 4.78 is 4.69. The summed E-state index contributed by atoms with van der Waals surface area (Å²) >= 11 is 1.87. The van der Waals surface area contributed by atoms with Crippen molar-refractivity contribution in [3.8, 4) is 51.1 Å².